The predicted octanol–water partition coefficient (Wildman–Crippen LogP) is 6.78. The van der Waals surface area contributed by atoms with Crippen LogP contribution in [0.1, 0.15) is 40.1 Å². The van der Waals surface area contributed by atoms with Crippen LogP contribution in [0, 0.1) is 0 Å². The number of pyridine rings is 1. The molecule has 0 spiro atoms. The van der Waals surface area contributed by atoms with Gasteiger partial charge < -0.3 is 15.7 Å². The Morgan fingerprint density at radius 2 is 1.83 bits per heavy atom. The fourth-order valence-corrected chi connectivity index (χ4v) is 4.75. The summed E-state index contributed by atoms with van der Waals surface area (Å²) < 4.78 is 0. The van der Waals surface area contributed by atoms with Crippen molar-refractivity contribution in [2.24, 2.45) is 0 Å². The Bertz CT molecular complexity index is 1420. The van der Waals surface area contributed by atoms with Crippen LogP contribution in [0.4, 0.5) is 5.69 Å². The second-order valence-corrected chi connectivity index (χ2v) is 9.15. The highest BCUT2D eigenvalue weighted by atomic mass is 35.5. The molecule has 1 aliphatic rings. The molecule has 8 heteroatoms. The number of nitrogens with one attached hydrogen (secondary N) is 2. The lowest BCUT2D eigenvalue weighted by Gasteiger charge is -2.10. The molecule has 3 N–H and O–H groups in total. The van der Waals surface area contributed by atoms with Crippen molar-refractivity contribution in [2.75, 3.05) is 5.32 Å². The quantitative estimate of drug-likeness (QED) is 0.277. The van der Waals surface area contributed by atoms with Gasteiger partial charge in [-0.2, -0.15) is 0 Å². The highest BCUT2D eigenvalue weighted by molar-refractivity contribution is 7.99. The number of aromatic hydroxyl groups is 1. The third-order valence-corrected chi connectivity index (χ3v) is 6.82. The summed E-state index contributed by atoms with van der Waals surface area (Å²) in [5.74, 6) is -0.427. The van der Waals surface area contributed by atoms with Gasteiger partial charge in [-0.1, -0.05) is 55.4 Å². The van der Waals surface area contributed by atoms with Gasteiger partial charge in [0.1, 0.15) is 5.75 Å². The molecule has 0 unspecified atom stereocenters. The number of aromatic nitrogens is 1. The van der Waals surface area contributed by atoms with Gasteiger partial charge in [-0.15, -0.1) is 0 Å². The zero-order valence-corrected chi connectivity index (χ0v) is 21.3. The number of halogens is 1. The van der Waals surface area contributed by atoms with Crippen molar-refractivity contribution in [3.63, 3.8) is 0 Å². The number of nitrogens with zero attached hydrogens (tertiary/aromatic N) is 1. The summed E-state index contributed by atoms with van der Waals surface area (Å²) in [5.41, 5.74) is 3.99. The van der Waals surface area contributed by atoms with E-state index in [0.29, 0.717) is 29.1 Å². The van der Waals surface area contributed by atoms with Gasteiger partial charge in [0, 0.05) is 33.7 Å². The largest absolute Gasteiger partial charge is 0.506 e. The number of benzene rings is 3. The van der Waals surface area contributed by atoms with Gasteiger partial charge in [0.2, 0.25) is 0 Å². The van der Waals surface area contributed by atoms with E-state index in [1.165, 1.54) is 17.8 Å². The fourth-order valence-electron chi connectivity index (χ4n) is 3.56. The van der Waals surface area contributed by atoms with Gasteiger partial charge in [0.15, 0.2) is 0 Å². The Morgan fingerprint density at radius 1 is 1.03 bits per heavy atom. The van der Waals surface area contributed by atoms with Crippen molar-refractivity contribution in [1.29, 1.82) is 0 Å². The van der Waals surface area contributed by atoms with E-state index in [9.17, 15) is 14.7 Å². The minimum Gasteiger partial charge on any atom is -0.506 e. The molecule has 36 heavy (non-hydrogen) atoms. The van der Waals surface area contributed by atoms with Crippen molar-refractivity contribution in [3.8, 4) is 17.0 Å². The van der Waals surface area contributed by atoms with Crippen molar-refractivity contribution >= 4 is 40.9 Å². The number of phenols is 1. The van der Waals surface area contributed by atoms with Gasteiger partial charge >= 0.3 is 0 Å². The molecule has 0 atom stereocenters. The third-order valence-electron chi connectivity index (χ3n) is 5.36. The number of hydrogen-bond acceptors (Lipinski definition) is 5. The molecular formula is C28H24ClN3O3S. The maximum Gasteiger partial charge on any atom is 0.256 e. The van der Waals surface area contributed by atoms with Crippen LogP contribution in [0.5, 0.6) is 5.75 Å². The van der Waals surface area contributed by atoms with Crippen LogP contribution in [-0.4, -0.2) is 21.9 Å². The molecule has 6 nitrogen and oxygen atoms in total. The first kappa shape index (κ1) is 25.3. The molecule has 0 bridgehead atoms. The molecule has 0 saturated heterocycles. The molecule has 1 aliphatic heterocycles. The van der Waals surface area contributed by atoms with Crippen LogP contribution in [0.25, 0.3) is 11.3 Å². The lowest BCUT2D eigenvalue weighted by molar-refractivity contribution is 0.0949. The molecule has 0 fully saturated rings. The number of carbonyl (C=O) groups excluding carboxylic acids is 2. The third kappa shape index (κ3) is 5.53. The zero-order chi connectivity index (χ0) is 25.7. The van der Waals surface area contributed by atoms with Crippen molar-refractivity contribution < 1.29 is 14.7 Å². The van der Waals surface area contributed by atoms with Crippen molar-refractivity contribution in [2.45, 2.75) is 30.2 Å². The van der Waals surface area contributed by atoms with Crippen molar-refractivity contribution in [3.05, 3.63) is 101 Å². The minimum atomic E-state index is -0.252. The molecule has 5 rings (SSSR count). The SMILES string of the molecule is CC.O=C(NCc1ccc(-c2ccc(O)c(Cl)c2)nc1)c1ccc2c(c1)NC(=O)c1ccccc1S2. The van der Waals surface area contributed by atoms with Crippen LogP contribution >= 0.6 is 23.4 Å². The number of rotatable bonds is 4. The molecule has 0 saturated carbocycles. The first-order chi connectivity index (χ1) is 17.5. The Balaban J connectivity index is 0.00000148. The van der Waals surface area contributed by atoms with Gasteiger partial charge in [-0.3, -0.25) is 14.6 Å². The van der Waals surface area contributed by atoms with E-state index < -0.39 is 0 Å². The number of phenolic OH excluding ortho intramolecular Hbond substituents is 1. The molecule has 1 aromatic heterocycles. The number of carbonyl (C=O) groups is 2. The normalized spacial score (nSPS) is 11.7. The Kier molecular flexibility index (Phi) is 7.93. The van der Waals surface area contributed by atoms with Gasteiger partial charge in [0.25, 0.3) is 11.8 Å². The van der Waals surface area contributed by atoms with Gasteiger partial charge in [-0.25, -0.2) is 0 Å². The minimum absolute atomic E-state index is 0.0187. The zero-order valence-electron chi connectivity index (χ0n) is 19.7. The highest BCUT2D eigenvalue weighted by Gasteiger charge is 2.20. The first-order valence-corrected chi connectivity index (χ1v) is 12.6. The average Bonchev–Trinajstić information content (AvgIpc) is 3.05. The summed E-state index contributed by atoms with van der Waals surface area (Å²) in [6.45, 7) is 4.30. The Morgan fingerprint density at radius 3 is 2.58 bits per heavy atom. The summed E-state index contributed by atoms with van der Waals surface area (Å²) in [4.78, 5) is 31.5. The predicted molar refractivity (Wildman–Crippen MR) is 144 cm³/mol. The number of anilines is 1. The lowest BCUT2D eigenvalue weighted by atomic mass is 10.1. The monoisotopic (exact) mass is 517 g/mol. The van der Waals surface area contributed by atoms with E-state index in [0.717, 1.165) is 20.9 Å². The van der Waals surface area contributed by atoms with Gasteiger partial charge in [-0.05, 0) is 60.2 Å². The summed E-state index contributed by atoms with van der Waals surface area (Å²) in [6, 6.07) is 21.3. The lowest BCUT2D eigenvalue weighted by Crippen LogP contribution is -2.23. The first-order valence-electron chi connectivity index (χ1n) is 11.4. The van der Waals surface area contributed by atoms with E-state index >= 15 is 0 Å². The maximum absolute atomic E-state index is 12.8. The molecule has 4 aromatic rings. The van der Waals surface area contributed by atoms with Crippen LogP contribution < -0.4 is 10.6 Å². The van der Waals surface area contributed by atoms with Crippen molar-refractivity contribution in [1.82, 2.24) is 10.3 Å². The smallest absolute Gasteiger partial charge is 0.256 e. The fraction of sp³-hybridized carbons (Fsp3) is 0.107. The Hall–Kier alpha value is -3.81. The summed E-state index contributed by atoms with van der Waals surface area (Å²) in [7, 11) is 0. The molecule has 0 aliphatic carbocycles. The molecule has 0 radical (unpaired) electrons. The molecular weight excluding hydrogens is 494 g/mol. The summed E-state index contributed by atoms with van der Waals surface area (Å²) in [6.07, 6.45) is 1.68. The molecule has 2 heterocycles. The van der Waals surface area contributed by atoms with E-state index in [1.807, 2.05) is 50.2 Å². The number of amides is 2. The molecule has 2 amide bonds. The van der Waals surface area contributed by atoms with Crippen LogP contribution in [0.2, 0.25) is 5.02 Å². The second-order valence-electron chi connectivity index (χ2n) is 7.66. The number of hydrogen-bond donors (Lipinski definition) is 3. The summed E-state index contributed by atoms with van der Waals surface area (Å²) in [5, 5.41) is 15.6. The van der Waals surface area contributed by atoms with Crippen LogP contribution in [-0.2, 0) is 6.54 Å². The summed E-state index contributed by atoms with van der Waals surface area (Å²) >= 11 is 7.47. The van der Waals surface area contributed by atoms with E-state index in [1.54, 1.807) is 36.5 Å². The Labute approximate surface area is 218 Å². The average molecular weight is 518 g/mol. The topological polar surface area (TPSA) is 91.3 Å². The van der Waals surface area contributed by atoms with E-state index in [2.05, 4.69) is 15.6 Å². The van der Waals surface area contributed by atoms with E-state index in [4.69, 9.17) is 11.6 Å². The number of fused-ring (bicyclic) bond motifs is 2. The molecule has 182 valence electrons. The van der Waals surface area contributed by atoms with E-state index in [-0.39, 0.29) is 22.6 Å². The van der Waals surface area contributed by atoms with Crippen LogP contribution in [0.15, 0.2) is 88.8 Å². The highest BCUT2D eigenvalue weighted by Crippen LogP contribution is 2.39. The van der Waals surface area contributed by atoms with Crippen LogP contribution in [0.3, 0.4) is 0 Å². The maximum atomic E-state index is 12.8. The second kappa shape index (κ2) is 11.3. The van der Waals surface area contributed by atoms with Gasteiger partial charge in [0.05, 0.1) is 22.0 Å². The molecule has 3 aromatic carbocycles. The standard InChI is InChI=1S/C26H18ClN3O3S.C2H6/c27-19-11-16(6-9-22(19)31)20-8-5-15(13-28-20)14-29-25(32)17-7-10-24-21(12-17)30-26(33)18-3-1-2-4-23(18)34-24;1-2/h1-13,31H,14H2,(H,29,32)(H,30,33);1-2H3.